The molecule has 0 saturated heterocycles. The number of anilines is 2. The highest BCUT2D eigenvalue weighted by molar-refractivity contribution is 7.92. The summed E-state index contributed by atoms with van der Waals surface area (Å²) in [6.07, 6.45) is 0. The number of carbonyl (C=O) groups is 1. The molecule has 1 amide bonds. The maximum atomic E-state index is 12.7. The van der Waals surface area contributed by atoms with Gasteiger partial charge in [0, 0.05) is 23.4 Å². The predicted molar refractivity (Wildman–Crippen MR) is 124 cm³/mol. The summed E-state index contributed by atoms with van der Waals surface area (Å²) in [5, 5.41) is 3.74. The van der Waals surface area contributed by atoms with E-state index in [1.807, 2.05) is 20.8 Å². The van der Waals surface area contributed by atoms with E-state index >= 15 is 0 Å². The van der Waals surface area contributed by atoms with Crippen LogP contribution in [0.3, 0.4) is 0 Å². The number of ether oxygens (including phenoxy) is 2. The van der Waals surface area contributed by atoms with Crippen LogP contribution in [0.15, 0.2) is 47.4 Å². The summed E-state index contributed by atoms with van der Waals surface area (Å²) < 4.78 is 38.9. The summed E-state index contributed by atoms with van der Waals surface area (Å²) in [7, 11) is -3.82. The number of hydrogen-bond donors (Lipinski definition) is 2. The summed E-state index contributed by atoms with van der Waals surface area (Å²) in [4.78, 5) is 17.7. The average molecular weight is 474 g/mol. The van der Waals surface area contributed by atoms with Crippen LogP contribution in [0.25, 0.3) is 0 Å². The van der Waals surface area contributed by atoms with Crippen LogP contribution >= 0.6 is 11.3 Å². The summed E-state index contributed by atoms with van der Waals surface area (Å²) in [6.45, 7) is 6.68. The number of nitrogens with one attached hydrogen (secondary N) is 2. The molecule has 4 rings (SSSR count). The first-order valence-electron chi connectivity index (χ1n) is 10.0. The average Bonchev–Trinajstić information content (AvgIpc) is 3.17. The van der Waals surface area contributed by atoms with Gasteiger partial charge in [-0.05, 0) is 43.3 Å². The Morgan fingerprint density at radius 1 is 1.03 bits per heavy atom. The number of aromatic nitrogens is 1. The van der Waals surface area contributed by atoms with E-state index in [1.165, 1.54) is 23.5 Å². The van der Waals surface area contributed by atoms with Gasteiger partial charge in [-0.15, -0.1) is 11.3 Å². The Morgan fingerprint density at radius 2 is 1.69 bits per heavy atom. The molecule has 1 aliphatic heterocycles. The lowest BCUT2D eigenvalue weighted by Crippen LogP contribution is -2.17. The lowest BCUT2D eigenvalue weighted by Gasteiger charge is -2.19. The molecule has 1 aromatic heterocycles. The van der Waals surface area contributed by atoms with Crippen LogP contribution in [0.4, 0.5) is 11.4 Å². The first-order valence-corrected chi connectivity index (χ1v) is 12.3. The van der Waals surface area contributed by atoms with Crippen LogP contribution < -0.4 is 19.5 Å². The summed E-state index contributed by atoms with van der Waals surface area (Å²) in [5.41, 5.74) is 1.62. The van der Waals surface area contributed by atoms with Gasteiger partial charge >= 0.3 is 0 Å². The smallest absolute Gasteiger partial charge is 0.267 e. The maximum Gasteiger partial charge on any atom is 0.267 e. The van der Waals surface area contributed by atoms with E-state index in [0.717, 1.165) is 5.01 Å². The fourth-order valence-electron chi connectivity index (χ4n) is 3.09. The van der Waals surface area contributed by atoms with E-state index in [9.17, 15) is 13.2 Å². The second-order valence-electron chi connectivity index (χ2n) is 7.56. The summed E-state index contributed by atoms with van der Waals surface area (Å²) in [6, 6.07) is 10.9. The molecule has 168 valence electrons. The number of hydrogen-bond acceptors (Lipinski definition) is 7. The number of aryl methyl sites for hydroxylation is 1. The number of amides is 1. The molecule has 10 heteroatoms. The molecule has 3 aromatic rings. The number of fused-ring (bicyclic) bond motifs is 1. The molecule has 0 bridgehead atoms. The quantitative estimate of drug-likeness (QED) is 0.550. The number of thiazole rings is 1. The third-order valence-corrected chi connectivity index (χ3v) is 7.57. The van der Waals surface area contributed by atoms with Gasteiger partial charge in [0.05, 0.1) is 15.6 Å². The van der Waals surface area contributed by atoms with E-state index in [4.69, 9.17) is 9.47 Å². The summed E-state index contributed by atoms with van der Waals surface area (Å²) in [5.74, 6) is 0.932. The monoisotopic (exact) mass is 473 g/mol. The second kappa shape index (κ2) is 8.79. The molecule has 2 heterocycles. The molecule has 1 aliphatic rings. The first kappa shape index (κ1) is 22.1. The van der Waals surface area contributed by atoms with Gasteiger partial charge in [0.2, 0.25) is 0 Å². The molecule has 0 unspecified atom stereocenters. The van der Waals surface area contributed by atoms with Crippen molar-refractivity contribution < 1.29 is 22.7 Å². The van der Waals surface area contributed by atoms with Crippen LogP contribution in [-0.2, 0) is 10.0 Å². The summed E-state index contributed by atoms with van der Waals surface area (Å²) >= 11 is 1.38. The minimum atomic E-state index is -3.82. The molecule has 8 nitrogen and oxygen atoms in total. The van der Waals surface area contributed by atoms with Crippen LogP contribution in [0, 0.1) is 6.92 Å². The Bertz CT molecular complexity index is 1250. The van der Waals surface area contributed by atoms with E-state index < -0.39 is 10.0 Å². The van der Waals surface area contributed by atoms with Gasteiger partial charge in [0.15, 0.2) is 11.5 Å². The highest BCUT2D eigenvalue weighted by Crippen LogP contribution is 2.33. The highest BCUT2D eigenvalue weighted by atomic mass is 32.2. The van der Waals surface area contributed by atoms with Crippen molar-refractivity contribution >= 4 is 38.6 Å². The van der Waals surface area contributed by atoms with Gasteiger partial charge in [-0.3, -0.25) is 9.52 Å². The van der Waals surface area contributed by atoms with Crippen LogP contribution in [0.5, 0.6) is 11.5 Å². The topological polar surface area (TPSA) is 107 Å². The molecule has 2 N–H and O–H groups in total. The van der Waals surface area contributed by atoms with Gasteiger partial charge in [-0.25, -0.2) is 13.4 Å². The first-order chi connectivity index (χ1) is 15.2. The predicted octanol–water partition coefficient (Wildman–Crippen LogP) is 4.40. The SMILES string of the molecule is Cc1nc(C(C)C)sc1C(=O)Nc1ccc(NS(=O)(=O)c2ccc3c(c2)OCCO3)cc1. The van der Waals surface area contributed by atoms with Gasteiger partial charge in [0.25, 0.3) is 15.9 Å². The molecule has 0 fully saturated rings. The zero-order valence-electron chi connectivity index (χ0n) is 17.8. The molecule has 0 saturated carbocycles. The molecular weight excluding hydrogens is 450 g/mol. The zero-order chi connectivity index (χ0) is 22.9. The fourth-order valence-corrected chi connectivity index (χ4v) is 5.13. The maximum absolute atomic E-state index is 12.7. The number of benzene rings is 2. The van der Waals surface area contributed by atoms with E-state index in [1.54, 1.807) is 30.3 Å². The minimum absolute atomic E-state index is 0.0701. The van der Waals surface area contributed by atoms with Crippen LogP contribution in [0.2, 0.25) is 0 Å². The van der Waals surface area contributed by atoms with Gasteiger partial charge < -0.3 is 14.8 Å². The Hall–Kier alpha value is -3.11. The standard InChI is InChI=1S/C22H23N3O5S2/c1-13(2)22-23-14(3)20(31-22)21(26)24-15-4-6-16(7-5-15)25-32(27,28)17-8-9-18-19(12-17)30-11-10-29-18/h4-9,12-13,25H,10-11H2,1-3H3,(H,24,26). The number of rotatable bonds is 6. The number of carbonyl (C=O) groups excluding carboxylic acids is 1. The van der Waals surface area contributed by atoms with Crippen molar-refractivity contribution in [2.45, 2.75) is 31.6 Å². The number of nitrogens with zero attached hydrogens (tertiary/aromatic N) is 1. The lowest BCUT2D eigenvalue weighted by molar-refractivity contribution is 0.103. The molecule has 0 aliphatic carbocycles. The Balaban J connectivity index is 1.45. The van der Waals surface area contributed by atoms with E-state index in [2.05, 4.69) is 15.0 Å². The molecule has 2 aromatic carbocycles. The zero-order valence-corrected chi connectivity index (χ0v) is 19.5. The van der Waals surface area contributed by atoms with E-state index in [0.29, 0.717) is 46.7 Å². The van der Waals surface area contributed by atoms with Crippen molar-refractivity contribution in [3.63, 3.8) is 0 Å². The third kappa shape index (κ3) is 4.71. The lowest BCUT2D eigenvalue weighted by atomic mass is 10.2. The van der Waals surface area contributed by atoms with Crippen molar-refractivity contribution in [3.8, 4) is 11.5 Å². The van der Waals surface area contributed by atoms with Crippen LogP contribution in [0.1, 0.15) is 40.1 Å². The molecular formula is C22H23N3O5S2. The van der Waals surface area contributed by atoms with Crippen molar-refractivity contribution in [3.05, 3.63) is 58.0 Å². The number of sulfonamides is 1. The largest absolute Gasteiger partial charge is 0.486 e. The Morgan fingerprint density at radius 3 is 2.34 bits per heavy atom. The Kier molecular flexibility index (Phi) is 6.07. The normalized spacial score (nSPS) is 13.1. The van der Waals surface area contributed by atoms with Crippen molar-refractivity contribution in [1.82, 2.24) is 4.98 Å². The van der Waals surface area contributed by atoms with E-state index in [-0.39, 0.29) is 16.7 Å². The highest BCUT2D eigenvalue weighted by Gasteiger charge is 2.20. The van der Waals surface area contributed by atoms with Gasteiger partial charge in [-0.2, -0.15) is 0 Å². The van der Waals surface area contributed by atoms with Crippen molar-refractivity contribution in [1.29, 1.82) is 0 Å². The van der Waals surface area contributed by atoms with Crippen molar-refractivity contribution in [2.24, 2.45) is 0 Å². The molecule has 32 heavy (non-hydrogen) atoms. The third-order valence-electron chi connectivity index (χ3n) is 4.73. The molecule has 0 spiro atoms. The fraction of sp³-hybridized carbons (Fsp3) is 0.273. The molecule has 0 atom stereocenters. The molecule has 0 radical (unpaired) electrons. The van der Waals surface area contributed by atoms with Crippen LogP contribution in [-0.4, -0.2) is 32.5 Å². The Labute approximate surface area is 190 Å². The van der Waals surface area contributed by atoms with Crippen molar-refractivity contribution in [2.75, 3.05) is 23.3 Å². The minimum Gasteiger partial charge on any atom is -0.486 e. The van der Waals surface area contributed by atoms with Gasteiger partial charge in [0.1, 0.15) is 18.1 Å². The van der Waals surface area contributed by atoms with Gasteiger partial charge in [-0.1, -0.05) is 13.8 Å². The second-order valence-corrected chi connectivity index (χ2v) is 10.3.